The quantitative estimate of drug-likeness (QED) is 0.692. The number of hydrogen-bond donors (Lipinski definition) is 3. The molecule has 1 atom stereocenters. The number of ether oxygens (including phenoxy) is 1. The standard InChI is InChI=1S/C12H17NO4/c1-17-10-4-2-3-8(12(10)16)7-9(13)5-6-11(14)15/h2-4,9,16H,5-7,13H2,1H3,(H,14,15). The van der Waals surface area contributed by atoms with Crippen molar-refractivity contribution in [3.8, 4) is 11.5 Å². The van der Waals surface area contributed by atoms with Crippen LogP contribution in [0.25, 0.3) is 0 Å². The van der Waals surface area contributed by atoms with E-state index in [9.17, 15) is 9.90 Å². The van der Waals surface area contributed by atoms with Crippen LogP contribution in [-0.2, 0) is 11.2 Å². The number of aromatic hydroxyl groups is 1. The molecule has 1 unspecified atom stereocenters. The van der Waals surface area contributed by atoms with Gasteiger partial charge in [-0.2, -0.15) is 0 Å². The summed E-state index contributed by atoms with van der Waals surface area (Å²) in [5, 5.41) is 18.4. The van der Waals surface area contributed by atoms with Crippen molar-refractivity contribution in [2.75, 3.05) is 7.11 Å². The van der Waals surface area contributed by atoms with Gasteiger partial charge in [-0.1, -0.05) is 12.1 Å². The van der Waals surface area contributed by atoms with Crippen molar-refractivity contribution in [3.63, 3.8) is 0 Å². The number of nitrogens with two attached hydrogens (primary N) is 1. The molecule has 0 fully saturated rings. The number of carbonyl (C=O) groups is 1. The molecular weight excluding hydrogens is 222 g/mol. The Morgan fingerprint density at radius 3 is 2.82 bits per heavy atom. The highest BCUT2D eigenvalue weighted by molar-refractivity contribution is 5.66. The molecule has 5 heteroatoms. The van der Waals surface area contributed by atoms with Crippen molar-refractivity contribution < 1.29 is 19.7 Å². The summed E-state index contributed by atoms with van der Waals surface area (Å²) in [5.41, 5.74) is 6.47. The molecule has 0 saturated heterocycles. The number of benzene rings is 1. The second-order valence-electron chi connectivity index (χ2n) is 3.86. The Kier molecular flexibility index (Phi) is 4.78. The lowest BCUT2D eigenvalue weighted by Crippen LogP contribution is -2.23. The highest BCUT2D eigenvalue weighted by atomic mass is 16.5. The first-order valence-corrected chi connectivity index (χ1v) is 5.36. The van der Waals surface area contributed by atoms with E-state index >= 15 is 0 Å². The van der Waals surface area contributed by atoms with Crippen molar-refractivity contribution in [3.05, 3.63) is 23.8 Å². The maximum absolute atomic E-state index is 10.4. The fraction of sp³-hybridized carbons (Fsp3) is 0.417. The van der Waals surface area contributed by atoms with Gasteiger partial charge in [-0.25, -0.2) is 0 Å². The van der Waals surface area contributed by atoms with Crippen LogP contribution in [0, 0.1) is 0 Å². The minimum Gasteiger partial charge on any atom is -0.504 e. The number of phenols is 1. The van der Waals surface area contributed by atoms with Crippen LogP contribution in [0.4, 0.5) is 0 Å². The van der Waals surface area contributed by atoms with E-state index in [0.717, 1.165) is 0 Å². The van der Waals surface area contributed by atoms with Crippen LogP contribution in [0.1, 0.15) is 18.4 Å². The summed E-state index contributed by atoms with van der Waals surface area (Å²) in [5.74, 6) is -0.399. The molecule has 0 heterocycles. The monoisotopic (exact) mass is 239 g/mol. The van der Waals surface area contributed by atoms with Gasteiger partial charge in [0.15, 0.2) is 11.5 Å². The van der Waals surface area contributed by atoms with Crippen molar-refractivity contribution >= 4 is 5.97 Å². The van der Waals surface area contributed by atoms with E-state index in [-0.39, 0.29) is 18.2 Å². The molecule has 4 N–H and O–H groups in total. The minimum atomic E-state index is -0.865. The summed E-state index contributed by atoms with van der Waals surface area (Å²) in [6.45, 7) is 0. The van der Waals surface area contributed by atoms with E-state index in [1.54, 1.807) is 18.2 Å². The average molecular weight is 239 g/mol. The Hall–Kier alpha value is -1.75. The lowest BCUT2D eigenvalue weighted by Gasteiger charge is -2.13. The van der Waals surface area contributed by atoms with E-state index in [1.807, 2.05) is 0 Å². The Morgan fingerprint density at radius 2 is 2.24 bits per heavy atom. The first kappa shape index (κ1) is 13.3. The van der Waals surface area contributed by atoms with Gasteiger partial charge in [-0.15, -0.1) is 0 Å². The van der Waals surface area contributed by atoms with Gasteiger partial charge in [-0.05, 0) is 24.5 Å². The molecule has 5 nitrogen and oxygen atoms in total. The van der Waals surface area contributed by atoms with Crippen LogP contribution in [0.3, 0.4) is 0 Å². The van der Waals surface area contributed by atoms with Crippen molar-refractivity contribution in [1.82, 2.24) is 0 Å². The molecule has 0 spiro atoms. The molecule has 94 valence electrons. The topological polar surface area (TPSA) is 92.8 Å². The number of hydrogen-bond acceptors (Lipinski definition) is 4. The zero-order valence-corrected chi connectivity index (χ0v) is 9.72. The van der Waals surface area contributed by atoms with Gasteiger partial charge in [-0.3, -0.25) is 4.79 Å². The highest BCUT2D eigenvalue weighted by Gasteiger charge is 2.12. The normalized spacial score (nSPS) is 12.1. The first-order chi connectivity index (χ1) is 8.04. The lowest BCUT2D eigenvalue weighted by atomic mass is 10.0. The lowest BCUT2D eigenvalue weighted by molar-refractivity contribution is -0.137. The average Bonchev–Trinajstić information content (AvgIpc) is 2.29. The molecule has 1 aromatic rings. The summed E-state index contributed by atoms with van der Waals surface area (Å²) in [7, 11) is 1.48. The van der Waals surface area contributed by atoms with Crippen LogP contribution >= 0.6 is 0 Å². The number of aliphatic carboxylic acids is 1. The third kappa shape index (κ3) is 3.96. The number of carboxylic acids is 1. The second-order valence-corrected chi connectivity index (χ2v) is 3.86. The minimum absolute atomic E-state index is 0.0336. The number of methoxy groups -OCH3 is 1. The molecule has 17 heavy (non-hydrogen) atoms. The van der Waals surface area contributed by atoms with Gasteiger partial charge in [0.2, 0.25) is 0 Å². The van der Waals surface area contributed by atoms with E-state index < -0.39 is 5.97 Å². The van der Waals surface area contributed by atoms with Crippen LogP contribution in [0.5, 0.6) is 11.5 Å². The van der Waals surface area contributed by atoms with Crippen molar-refractivity contribution in [1.29, 1.82) is 0 Å². The van der Waals surface area contributed by atoms with Crippen molar-refractivity contribution in [2.24, 2.45) is 5.73 Å². The van der Waals surface area contributed by atoms with E-state index in [0.29, 0.717) is 24.2 Å². The Bertz CT molecular complexity index is 392. The summed E-state index contributed by atoms with van der Waals surface area (Å²) < 4.78 is 4.98. The van der Waals surface area contributed by atoms with Crippen LogP contribution in [0.15, 0.2) is 18.2 Å². The summed E-state index contributed by atoms with van der Waals surface area (Å²) >= 11 is 0. The fourth-order valence-corrected chi connectivity index (χ4v) is 1.59. The fourth-order valence-electron chi connectivity index (χ4n) is 1.59. The van der Waals surface area contributed by atoms with Gasteiger partial charge in [0.05, 0.1) is 7.11 Å². The molecule has 0 aliphatic rings. The Morgan fingerprint density at radius 1 is 1.53 bits per heavy atom. The van der Waals surface area contributed by atoms with Gasteiger partial charge >= 0.3 is 5.97 Å². The van der Waals surface area contributed by atoms with E-state index in [1.165, 1.54) is 7.11 Å². The zero-order chi connectivity index (χ0) is 12.8. The third-order valence-corrected chi connectivity index (χ3v) is 2.51. The van der Waals surface area contributed by atoms with Crippen molar-refractivity contribution in [2.45, 2.75) is 25.3 Å². The summed E-state index contributed by atoms with van der Waals surface area (Å²) in [6.07, 6.45) is 0.841. The molecule has 1 aromatic carbocycles. The number of para-hydroxylation sites is 1. The van der Waals surface area contributed by atoms with E-state index in [4.69, 9.17) is 15.6 Å². The highest BCUT2D eigenvalue weighted by Crippen LogP contribution is 2.30. The maximum Gasteiger partial charge on any atom is 0.303 e. The molecule has 0 saturated carbocycles. The smallest absolute Gasteiger partial charge is 0.303 e. The number of carboxylic acid groups (broad SMARTS) is 1. The van der Waals surface area contributed by atoms with E-state index in [2.05, 4.69) is 0 Å². The van der Waals surface area contributed by atoms with Gasteiger partial charge in [0.1, 0.15) is 0 Å². The summed E-state index contributed by atoms with van der Waals surface area (Å²) in [6, 6.07) is 4.88. The second kappa shape index (κ2) is 6.10. The van der Waals surface area contributed by atoms with Crippen LogP contribution < -0.4 is 10.5 Å². The molecule has 0 aliphatic heterocycles. The SMILES string of the molecule is COc1cccc(CC(N)CCC(=O)O)c1O. The molecule has 0 aliphatic carbocycles. The maximum atomic E-state index is 10.4. The number of phenolic OH excluding ortho intramolecular Hbond substituents is 1. The Labute approximate surface area is 99.8 Å². The molecule has 0 aromatic heterocycles. The van der Waals surface area contributed by atoms with Crippen LogP contribution in [-0.4, -0.2) is 29.3 Å². The van der Waals surface area contributed by atoms with Gasteiger partial charge < -0.3 is 20.7 Å². The largest absolute Gasteiger partial charge is 0.504 e. The first-order valence-electron chi connectivity index (χ1n) is 5.36. The molecule has 0 amide bonds. The Balaban J connectivity index is 2.64. The molecular formula is C12H17NO4. The van der Waals surface area contributed by atoms with Gasteiger partial charge in [0, 0.05) is 12.5 Å². The predicted molar refractivity (Wildman–Crippen MR) is 63.2 cm³/mol. The van der Waals surface area contributed by atoms with Crippen LogP contribution in [0.2, 0.25) is 0 Å². The molecule has 0 radical (unpaired) electrons. The number of rotatable bonds is 6. The molecule has 0 bridgehead atoms. The predicted octanol–water partition coefficient (Wildman–Crippen LogP) is 1.14. The summed E-state index contributed by atoms with van der Waals surface area (Å²) in [4.78, 5) is 10.4. The zero-order valence-electron chi connectivity index (χ0n) is 9.72. The van der Waals surface area contributed by atoms with Gasteiger partial charge in [0.25, 0.3) is 0 Å². The molecule has 1 rings (SSSR count). The third-order valence-electron chi connectivity index (χ3n) is 2.51.